The van der Waals surface area contributed by atoms with Gasteiger partial charge in [-0.1, -0.05) is 30.3 Å². The molecule has 4 rings (SSSR count). The minimum Gasteiger partial charge on any atom is -0.509 e. The van der Waals surface area contributed by atoms with E-state index in [0.717, 1.165) is 33.5 Å². The summed E-state index contributed by atoms with van der Waals surface area (Å²) in [6.07, 6.45) is 0.626. The van der Waals surface area contributed by atoms with Crippen LogP contribution in [0.2, 0.25) is 0 Å². The summed E-state index contributed by atoms with van der Waals surface area (Å²) in [6.45, 7) is 2.09. The number of urea groups is 1. The van der Waals surface area contributed by atoms with Gasteiger partial charge in [-0.3, -0.25) is 4.79 Å². The fourth-order valence-corrected chi connectivity index (χ4v) is 3.85. The Morgan fingerprint density at radius 3 is 2.78 bits per heavy atom. The maximum absolute atomic E-state index is 12.4. The van der Waals surface area contributed by atoms with E-state index < -0.39 is 0 Å². The van der Waals surface area contributed by atoms with Crippen molar-refractivity contribution < 1.29 is 14.7 Å². The number of nitrogens with one attached hydrogen (secondary N) is 2. The molecule has 7 heteroatoms. The first-order chi connectivity index (χ1) is 13.0. The van der Waals surface area contributed by atoms with Crippen LogP contribution in [0.25, 0.3) is 5.70 Å². The second kappa shape index (κ2) is 6.50. The summed E-state index contributed by atoms with van der Waals surface area (Å²) in [5, 5.41) is 15.8. The minimum absolute atomic E-state index is 0.0291. The van der Waals surface area contributed by atoms with Crippen molar-refractivity contribution in [3.8, 4) is 5.75 Å². The Hall–Kier alpha value is -3.22. The molecule has 0 radical (unpaired) electrons. The number of anilines is 1. The standard InChI is InChI=1S/C20H20BN3O3/c1-11(25)24-9-8-14-18(12-6-7-17(26)15(21)10-12)22-20(27)23-19(14)13-4-2-3-5-16(13)24/h2-7,10,18,26H,8-9,21H2,1H3,(H2,22,23,27). The fraction of sp³-hybridized carbons (Fsp3) is 0.200. The first kappa shape index (κ1) is 17.2. The lowest BCUT2D eigenvalue weighted by atomic mass is 9.86. The van der Waals surface area contributed by atoms with Gasteiger partial charge in [0.25, 0.3) is 0 Å². The van der Waals surface area contributed by atoms with Gasteiger partial charge < -0.3 is 20.6 Å². The molecule has 0 aromatic heterocycles. The van der Waals surface area contributed by atoms with Crippen molar-refractivity contribution in [1.82, 2.24) is 10.6 Å². The van der Waals surface area contributed by atoms with Crippen LogP contribution in [0.1, 0.15) is 30.5 Å². The number of hydrogen-bond donors (Lipinski definition) is 3. The molecule has 0 spiro atoms. The topological polar surface area (TPSA) is 81.7 Å². The van der Waals surface area contributed by atoms with E-state index in [1.54, 1.807) is 17.9 Å². The van der Waals surface area contributed by atoms with Crippen molar-refractivity contribution in [3.63, 3.8) is 0 Å². The second-order valence-electron chi connectivity index (χ2n) is 6.92. The van der Waals surface area contributed by atoms with Crippen molar-refractivity contribution in [2.24, 2.45) is 0 Å². The van der Waals surface area contributed by atoms with Gasteiger partial charge in [-0.25, -0.2) is 4.79 Å². The highest BCUT2D eigenvalue weighted by Crippen LogP contribution is 2.39. The molecule has 3 N–H and O–H groups in total. The van der Waals surface area contributed by atoms with E-state index >= 15 is 0 Å². The molecule has 136 valence electrons. The summed E-state index contributed by atoms with van der Waals surface area (Å²) in [5.74, 6) is 0.195. The average molecular weight is 361 g/mol. The van der Waals surface area contributed by atoms with Crippen LogP contribution in [-0.4, -0.2) is 31.4 Å². The molecular formula is C20H20BN3O3. The molecular weight excluding hydrogens is 341 g/mol. The molecule has 1 atom stereocenters. The van der Waals surface area contributed by atoms with Crippen molar-refractivity contribution in [2.45, 2.75) is 19.4 Å². The Kier molecular flexibility index (Phi) is 4.14. The van der Waals surface area contributed by atoms with Crippen LogP contribution in [0, 0.1) is 0 Å². The molecule has 0 fully saturated rings. The average Bonchev–Trinajstić information content (AvgIpc) is 2.81. The number of para-hydroxylation sites is 1. The normalized spacial score (nSPS) is 18.8. The third kappa shape index (κ3) is 2.95. The molecule has 6 nitrogen and oxygen atoms in total. The Morgan fingerprint density at radius 2 is 2.04 bits per heavy atom. The number of rotatable bonds is 1. The molecule has 27 heavy (non-hydrogen) atoms. The lowest BCUT2D eigenvalue weighted by Gasteiger charge is -2.30. The summed E-state index contributed by atoms with van der Waals surface area (Å²) in [6, 6.07) is 12.4. The van der Waals surface area contributed by atoms with Crippen LogP contribution in [-0.2, 0) is 4.79 Å². The number of amides is 3. The molecule has 1 unspecified atom stereocenters. The van der Waals surface area contributed by atoms with E-state index in [2.05, 4.69) is 10.6 Å². The van der Waals surface area contributed by atoms with Crippen molar-refractivity contribution >= 4 is 36.6 Å². The van der Waals surface area contributed by atoms with Crippen LogP contribution in [0.5, 0.6) is 5.75 Å². The van der Waals surface area contributed by atoms with Gasteiger partial charge in [-0.05, 0) is 35.2 Å². The predicted molar refractivity (Wildman–Crippen MR) is 107 cm³/mol. The Bertz CT molecular complexity index is 986. The maximum Gasteiger partial charge on any atom is 0.320 e. The summed E-state index contributed by atoms with van der Waals surface area (Å²) in [7, 11) is 1.83. The largest absolute Gasteiger partial charge is 0.509 e. The maximum atomic E-state index is 12.4. The monoisotopic (exact) mass is 361 g/mol. The summed E-state index contributed by atoms with van der Waals surface area (Å²) in [4.78, 5) is 26.3. The Balaban J connectivity index is 1.88. The molecule has 0 saturated heterocycles. The third-order valence-electron chi connectivity index (χ3n) is 5.19. The van der Waals surface area contributed by atoms with E-state index in [1.165, 1.54) is 0 Å². The van der Waals surface area contributed by atoms with E-state index in [1.807, 2.05) is 44.2 Å². The van der Waals surface area contributed by atoms with Crippen molar-refractivity contribution in [1.29, 1.82) is 0 Å². The molecule has 0 aliphatic carbocycles. The molecule has 2 heterocycles. The lowest BCUT2D eigenvalue weighted by Crippen LogP contribution is -2.43. The number of phenolic OH excluding ortho intramolecular Hbond substituents is 1. The number of phenols is 1. The SMILES string of the molecule is Bc1cc(C2NC(=O)NC3=C2CCN(C(C)=O)c2ccccc23)ccc1O. The highest BCUT2D eigenvalue weighted by atomic mass is 16.3. The third-order valence-corrected chi connectivity index (χ3v) is 5.19. The second-order valence-corrected chi connectivity index (χ2v) is 6.92. The van der Waals surface area contributed by atoms with Crippen molar-refractivity contribution in [2.75, 3.05) is 11.4 Å². The van der Waals surface area contributed by atoms with Crippen LogP contribution in [0.15, 0.2) is 48.0 Å². The van der Waals surface area contributed by atoms with Crippen LogP contribution < -0.4 is 21.0 Å². The summed E-state index contributed by atoms with van der Waals surface area (Å²) < 4.78 is 0. The van der Waals surface area contributed by atoms with E-state index in [-0.39, 0.29) is 23.7 Å². The smallest absolute Gasteiger partial charge is 0.320 e. The first-order valence-corrected chi connectivity index (χ1v) is 8.93. The number of carbonyl (C=O) groups excluding carboxylic acids is 2. The van der Waals surface area contributed by atoms with Gasteiger partial charge in [0.2, 0.25) is 5.91 Å². The van der Waals surface area contributed by atoms with Crippen LogP contribution in [0.4, 0.5) is 10.5 Å². The lowest BCUT2D eigenvalue weighted by molar-refractivity contribution is -0.116. The predicted octanol–water partition coefficient (Wildman–Crippen LogP) is 1.17. The zero-order valence-electron chi connectivity index (χ0n) is 15.2. The van der Waals surface area contributed by atoms with E-state index in [0.29, 0.717) is 13.0 Å². The molecule has 2 aromatic carbocycles. The van der Waals surface area contributed by atoms with Gasteiger partial charge >= 0.3 is 6.03 Å². The number of hydrogen-bond acceptors (Lipinski definition) is 3. The molecule has 0 saturated carbocycles. The zero-order valence-corrected chi connectivity index (χ0v) is 15.2. The number of nitrogens with zero attached hydrogens (tertiary/aromatic N) is 1. The van der Waals surface area contributed by atoms with Gasteiger partial charge in [0.05, 0.1) is 17.4 Å². The van der Waals surface area contributed by atoms with E-state index in [9.17, 15) is 14.7 Å². The van der Waals surface area contributed by atoms with Crippen LogP contribution >= 0.6 is 0 Å². The highest BCUT2D eigenvalue weighted by Gasteiger charge is 2.33. The van der Waals surface area contributed by atoms with Gasteiger partial charge in [0.1, 0.15) is 13.6 Å². The minimum atomic E-state index is -0.312. The van der Waals surface area contributed by atoms with Gasteiger partial charge in [-0.2, -0.15) is 0 Å². The van der Waals surface area contributed by atoms with Crippen molar-refractivity contribution in [3.05, 3.63) is 59.2 Å². The Morgan fingerprint density at radius 1 is 1.26 bits per heavy atom. The first-order valence-electron chi connectivity index (χ1n) is 8.93. The molecule has 0 bridgehead atoms. The zero-order chi connectivity index (χ0) is 19.1. The fourth-order valence-electron chi connectivity index (χ4n) is 3.85. The number of benzene rings is 2. The summed E-state index contributed by atoms with van der Waals surface area (Å²) >= 11 is 0. The number of aromatic hydroxyl groups is 1. The van der Waals surface area contributed by atoms with Gasteiger partial charge in [0.15, 0.2) is 0 Å². The summed E-state index contributed by atoms with van der Waals surface area (Å²) in [5.41, 5.74) is 5.08. The quantitative estimate of drug-likeness (QED) is 0.667. The number of carbonyl (C=O) groups is 2. The highest BCUT2D eigenvalue weighted by molar-refractivity contribution is 6.34. The van der Waals surface area contributed by atoms with Gasteiger partial charge in [0, 0.05) is 19.0 Å². The van der Waals surface area contributed by atoms with Crippen LogP contribution in [0.3, 0.4) is 0 Å². The van der Waals surface area contributed by atoms with E-state index in [4.69, 9.17) is 0 Å². The molecule has 2 aromatic rings. The van der Waals surface area contributed by atoms with Gasteiger partial charge in [-0.15, -0.1) is 0 Å². The number of fused-ring (bicyclic) bond motifs is 2. The molecule has 2 aliphatic rings. The molecule has 2 aliphatic heterocycles. The molecule has 3 amide bonds. The Labute approximate surface area is 158 Å².